The van der Waals surface area contributed by atoms with Crippen LogP contribution in [0.15, 0.2) is 122 Å². The third-order valence-corrected chi connectivity index (χ3v) is 12.0. The maximum atomic E-state index is 12.8. The second kappa shape index (κ2) is 59.6. The fourth-order valence-electron chi connectivity index (χ4n) is 7.76. The van der Waals surface area contributed by atoms with Gasteiger partial charge in [0.15, 0.2) is 6.10 Å². The summed E-state index contributed by atoms with van der Waals surface area (Å²) in [7, 11) is 0. The quantitative estimate of drug-likeness (QED) is 0.0345. The molecule has 0 fully saturated rings. The van der Waals surface area contributed by atoms with Crippen molar-refractivity contribution in [2.75, 3.05) is 19.8 Å². The van der Waals surface area contributed by atoms with E-state index in [4.69, 9.17) is 14.2 Å². The molecule has 0 aliphatic carbocycles. The van der Waals surface area contributed by atoms with E-state index in [1.807, 2.05) is 6.08 Å². The van der Waals surface area contributed by atoms with Crippen LogP contribution in [0.4, 0.5) is 0 Å². The Morgan fingerprint density at radius 1 is 0.329 bits per heavy atom. The summed E-state index contributed by atoms with van der Waals surface area (Å²) < 4.78 is 17.4. The highest BCUT2D eigenvalue weighted by molar-refractivity contribution is 5.70. The predicted octanol–water partition coefficient (Wildman–Crippen LogP) is 20.1. The van der Waals surface area contributed by atoms with Crippen LogP contribution in [0.25, 0.3) is 0 Å². The van der Waals surface area contributed by atoms with Crippen molar-refractivity contribution in [1.82, 2.24) is 0 Å². The number of hydrogen-bond acceptors (Lipinski definition) is 5. The Bertz CT molecular complexity index is 1420. The van der Waals surface area contributed by atoms with Gasteiger partial charge in [-0.3, -0.25) is 9.59 Å². The van der Waals surface area contributed by atoms with E-state index in [0.29, 0.717) is 25.9 Å². The summed E-state index contributed by atoms with van der Waals surface area (Å²) in [6.45, 7) is 7.49. The lowest BCUT2D eigenvalue weighted by Gasteiger charge is -2.18. The third-order valence-electron chi connectivity index (χ3n) is 12.0. The standard InChI is InChI=1S/C65H108O5/c1-4-7-10-13-16-19-22-25-28-30-32-34-36-39-42-45-48-51-54-57-60-68-61-63(70-65(67)59-56-53-50-47-44-41-37-27-24-21-18-15-12-9-6-3)62-69-64(66)58-55-52-49-46-43-40-38-35-33-31-29-26-23-20-17-14-11-8-5-2/h8-9,11-12,17-18,20-21,26-27,29,33,35,37,40,43-44,47,49,52,63H,4-7,10,13-16,19,22-25,28,30-32,34,36,38-39,41-42,45-46,48,50-51,53-62H2,1-3H3/b11-8-,12-9-,20-17-,21-18-,29-26-,35-33-,37-27-,43-40-,47-44-,52-49-. The second-order valence-electron chi connectivity index (χ2n) is 18.8. The SMILES string of the molecule is CC/C=C\C/C=C\C/C=C\C/C=C\C/C=C\C/C=C\CCC(=O)OCC(COCCCCCCCCCCCCCCCCCCCCCC)OC(=O)CCCC/C=C\C/C=C\C/C=C\C/C=C\CC. The second-order valence-corrected chi connectivity index (χ2v) is 18.8. The number of carbonyl (C=O) groups is 2. The van der Waals surface area contributed by atoms with Crippen molar-refractivity contribution in [2.24, 2.45) is 0 Å². The molecule has 0 aliphatic rings. The van der Waals surface area contributed by atoms with Crippen LogP contribution >= 0.6 is 0 Å². The van der Waals surface area contributed by atoms with Gasteiger partial charge in [-0.25, -0.2) is 0 Å². The Balaban J connectivity index is 4.42. The fraction of sp³-hybridized carbons (Fsp3) is 0.662. The molecule has 0 aromatic carbocycles. The van der Waals surface area contributed by atoms with Crippen LogP contribution in [-0.4, -0.2) is 37.9 Å². The number of rotatable bonds is 52. The van der Waals surface area contributed by atoms with E-state index in [1.54, 1.807) is 0 Å². The normalized spacial score (nSPS) is 13.1. The van der Waals surface area contributed by atoms with Crippen LogP contribution in [0.5, 0.6) is 0 Å². The van der Waals surface area contributed by atoms with Gasteiger partial charge in [0.2, 0.25) is 0 Å². The van der Waals surface area contributed by atoms with Gasteiger partial charge in [-0.15, -0.1) is 0 Å². The fourth-order valence-corrected chi connectivity index (χ4v) is 7.76. The molecule has 0 N–H and O–H groups in total. The molecule has 1 unspecified atom stereocenters. The van der Waals surface area contributed by atoms with Gasteiger partial charge in [-0.05, 0) is 96.3 Å². The number of unbranched alkanes of at least 4 members (excludes halogenated alkanes) is 21. The van der Waals surface area contributed by atoms with Crippen molar-refractivity contribution in [1.29, 1.82) is 0 Å². The van der Waals surface area contributed by atoms with E-state index in [2.05, 4.69) is 136 Å². The summed E-state index contributed by atoms with van der Waals surface area (Å²) >= 11 is 0. The average Bonchev–Trinajstić information content (AvgIpc) is 3.36. The lowest BCUT2D eigenvalue weighted by Crippen LogP contribution is -2.30. The lowest BCUT2D eigenvalue weighted by atomic mass is 10.0. The maximum Gasteiger partial charge on any atom is 0.306 e. The number of carbonyl (C=O) groups excluding carboxylic acids is 2. The molecule has 70 heavy (non-hydrogen) atoms. The van der Waals surface area contributed by atoms with Crippen molar-refractivity contribution < 1.29 is 23.8 Å². The molecule has 398 valence electrons. The Labute approximate surface area is 433 Å². The minimum atomic E-state index is -0.596. The summed E-state index contributed by atoms with van der Waals surface area (Å²) in [6, 6.07) is 0. The zero-order chi connectivity index (χ0) is 50.6. The zero-order valence-corrected chi connectivity index (χ0v) is 45.7. The number of hydrogen-bond donors (Lipinski definition) is 0. The Morgan fingerprint density at radius 2 is 0.671 bits per heavy atom. The predicted molar refractivity (Wildman–Crippen MR) is 306 cm³/mol. The Hall–Kier alpha value is -3.70. The first-order valence-corrected chi connectivity index (χ1v) is 29.1. The molecular weight excluding hydrogens is 861 g/mol. The zero-order valence-electron chi connectivity index (χ0n) is 45.7. The molecule has 5 nitrogen and oxygen atoms in total. The topological polar surface area (TPSA) is 61.8 Å². The molecule has 0 radical (unpaired) electrons. The molecule has 0 aromatic heterocycles. The molecule has 1 atom stereocenters. The average molecular weight is 970 g/mol. The van der Waals surface area contributed by atoms with Crippen LogP contribution in [0.2, 0.25) is 0 Å². The molecule has 0 saturated heterocycles. The van der Waals surface area contributed by atoms with Crippen LogP contribution in [0, 0.1) is 0 Å². The van der Waals surface area contributed by atoms with Crippen LogP contribution in [-0.2, 0) is 23.8 Å². The molecule has 0 aromatic rings. The summed E-state index contributed by atoms with van der Waals surface area (Å²) in [5, 5.41) is 0. The van der Waals surface area contributed by atoms with Crippen molar-refractivity contribution in [3.63, 3.8) is 0 Å². The van der Waals surface area contributed by atoms with Crippen LogP contribution < -0.4 is 0 Å². The molecule has 0 bridgehead atoms. The first-order chi connectivity index (χ1) is 34.6. The molecule has 0 aliphatic heterocycles. The van der Waals surface area contributed by atoms with Gasteiger partial charge in [0.1, 0.15) is 6.61 Å². The monoisotopic (exact) mass is 969 g/mol. The van der Waals surface area contributed by atoms with E-state index in [0.717, 1.165) is 96.3 Å². The van der Waals surface area contributed by atoms with Crippen LogP contribution in [0.3, 0.4) is 0 Å². The van der Waals surface area contributed by atoms with Gasteiger partial charge in [0.05, 0.1) is 6.61 Å². The summed E-state index contributed by atoms with van der Waals surface area (Å²) in [6.07, 6.45) is 83.9. The highest BCUT2D eigenvalue weighted by atomic mass is 16.6. The van der Waals surface area contributed by atoms with Gasteiger partial charge in [-0.1, -0.05) is 264 Å². The summed E-state index contributed by atoms with van der Waals surface area (Å²) in [5.41, 5.74) is 0. The van der Waals surface area contributed by atoms with Gasteiger partial charge in [0, 0.05) is 19.4 Å². The van der Waals surface area contributed by atoms with Crippen molar-refractivity contribution in [3.05, 3.63) is 122 Å². The highest BCUT2D eigenvalue weighted by Crippen LogP contribution is 2.15. The molecule has 0 spiro atoms. The smallest absolute Gasteiger partial charge is 0.306 e. The van der Waals surface area contributed by atoms with E-state index >= 15 is 0 Å². The lowest BCUT2D eigenvalue weighted by molar-refractivity contribution is -0.162. The molecule has 0 heterocycles. The van der Waals surface area contributed by atoms with Crippen LogP contribution in [0.1, 0.15) is 252 Å². The van der Waals surface area contributed by atoms with Gasteiger partial charge >= 0.3 is 11.9 Å². The first-order valence-electron chi connectivity index (χ1n) is 29.1. The van der Waals surface area contributed by atoms with E-state index in [1.165, 1.54) is 116 Å². The Kier molecular flexibility index (Phi) is 56.5. The van der Waals surface area contributed by atoms with Crippen molar-refractivity contribution in [2.45, 2.75) is 258 Å². The molecule has 0 amide bonds. The van der Waals surface area contributed by atoms with E-state index in [-0.39, 0.29) is 25.2 Å². The first kappa shape index (κ1) is 66.3. The molecular formula is C65H108O5. The van der Waals surface area contributed by atoms with Crippen molar-refractivity contribution >= 4 is 11.9 Å². The molecule has 0 rings (SSSR count). The Morgan fingerprint density at radius 3 is 1.06 bits per heavy atom. The van der Waals surface area contributed by atoms with E-state index < -0.39 is 6.10 Å². The van der Waals surface area contributed by atoms with Gasteiger partial charge in [0.25, 0.3) is 0 Å². The largest absolute Gasteiger partial charge is 0.462 e. The summed E-state index contributed by atoms with van der Waals surface area (Å²) in [4.78, 5) is 25.5. The molecule has 5 heteroatoms. The third kappa shape index (κ3) is 56.9. The minimum absolute atomic E-state index is 0.0233. The van der Waals surface area contributed by atoms with Gasteiger partial charge in [-0.2, -0.15) is 0 Å². The van der Waals surface area contributed by atoms with E-state index in [9.17, 15) is 9.59 Å². The number of allylic oxidation sites excluding steroid dienone is 20. The maximum absolute atomic E-state index is 12.8. The number of esters is 2. The van der Waals surface area contributed by atoms with Crippen molar-refractivity contribution in [3.8, 4) is 0 Å². The minimum Gasteiger partial charge on any atom is -0.462 e. The summed E-state index contributed by atoms with van der Waals surface area (Å²) in [5.74, 6) is -0.542. The van der Waals surface area contributed by atoms with Gasteiger partial charge < -0.3 is 14.2 Å². The number of ether oxygens (including phenoxy) is 3. The molecule has 0 saturated carbocycles. The highest BCUT2D eigenvalue weighted by Gasteiger charge is 2.17.